The Kier molecular flexibility index (Phi) is 7.80. The molecule has 0 saturated heterocycles. The SMILES string of the molecule is COc1ccc(N(C(=O)c2ccc(Cl)cc2Cl)c2nc(C(=O)N(C)OC)c(C)s2)cc1OC. The number of aromatic nitrogens is 1. The van der Waals surface area contributed by atoms with Crippen LogP contribution in [0.4, 0.5) is 10.8 Å². The summed E-state index contributed by atoms with van der Waals surface area (Å²) in [6.45, 7) is 1.74. The van der Waals surface area contributed by atoms with Crippen LogP contribution in [0.15, 0.2) is 36.4 Å². The molecule has 0 radical (unpaired) electrons. The van der Waals surface area contributed by atoms with Gasteiger partial charge in [-0.1, -0.05) is 23.2 Å². The van der Waals surface area contributed by atoms with Crippen LogP contribution in [0.25, 0.3) is 0 Å². The predicted octanol–water partition coefficient (Wildman–Crippen LogP) is 5.39. The number of nitrogens with zero attached hydrogens (tertiary/aromatic N) is 3. The second kappa shape index (κ2) is 10.4. The van der Waals surface area contributed by atoms with Gasteiger partial charge >= 0.3 is 0 Å². The molecule has 0 unspecified atom stereocenters. The maximum atomic E-state index is 13.7. The number of aryl methyl sites for hydroxylation is 1. The van der Waals surface area contributed by atoms with Crippen LogP contribution in [-0.2, 0) is 4.84 Å². The molecular weight excluding hydrogens is 489 g/mol. The molecule has 1 heterocycles. The van der Waals surface area contributed by atoms with E-state index < -0.39 is 11.8 Å². The molecule has 0 N–H and O–H groups in total. The Bertz CT molecular complexity index is 1200. The molecule has 0 bridgehead atoms. The number of hydrogen-bond acceptors (Lipinski definition) is 7. The summed E-state index contributed by atoms with van der Waals surface area (Å²) >= 11 is 13.5. The highest BCUT2D eigenvalue weighted by Crippen LogP contribution is 2.38. The molecule has 0 aliphatic heterocycles. The largest absolute Gasteiger partial charge is 0.493 e. The van der Waals surface area contributed by atoms with E-state index in [-0.39, 0.29) is 21.4 Å². The van der Waals surface area contributed by atoms with Gasteiger partial charge in [-0.15, -0.1) is 11.3 Å². The first kappa shape index (κ1) is 24.8. The summed E-state index contributed by atoms with van der Waals surface area (Å²) in [5.41, 5.74) is 0.821. The topological polar surface area (TPSA) is 81.2 Å². The van der Waals surface area contributed by atoms with Crippen molar-refractivity contribution in [2.45, 2.75) is 6.92 Å². The highest BCUT2D eigenvalue weighted by Gasteiger charge is 2.29. The number of rotatable bonds is 7. The standard InChI is InChI=1S/C22H21Cl2N3O5S/c1-12-19(21(29)26(2)32-5)25-22(33-12)27(14-7-9-17(30-3)18(11-14)31-4)20(28)15-8-6-13(23)10-16(15)24/h6-11H,1-5H3. The number of anilines is 2. The van der Waals surface area contributed by atoms with Gasteiger partial charge in [-0.05, 0) is 37.3 Å². The van der Waals surface area contributed by atoms with Crippen molar-refractivity contribution in [3.8, 4) is 11.5 Å². The van der Waals surface area contributed by atoms with Gasteiger partial charge in [0.2, 0.25) is 0 Å². The fourth-order valence-corrected chi connectivity index (χ4v) is 4.38. The summed E-state index contributed by atoms with van der Waals surface area (Å²) in [5, 5.41) is 1.91. The zero-order chi connectivity index (χ0) is 24.3. The Morgan fingerprint density at radius 2 is 1.67 bits per heavy atom. The third kappa shape index (κ3) is 5.06. The second-order valence-electron chi connectivity index (χ2n) is 6.69. The lowest BCUT2D eigenvalue weighted by Crippen LogP contribution is -2.28. The summed E-state index contributed by atoms with van der Waals surface area (Å²) < 4.78 is 10.7. The molecule has 0 spiro atoms. The average Bonchev–Trinajstić information content (AvgIpc) is 3.18. The maximum Gasteiger partial charge on any atom is 0.296 e. The highest BCUT2D eigenvalue weighted by atomic mass is 35.5. The van der Waals surface area contributed by atoms with Crippen molar-refractivity contribution in [1.82, 2.24) is 10.0 Å². The van der Waals surface area contributed by atoms with Crippen molar-refractivity contribution in [2.75, 3.05) is 33.3 Å². The van der Waals surface area contributed by atoms with Crippen LogP contribution in [-0.4, -0.2) is 50.2 Å². The fourth-order valence-electron chi connectivity index (χ4n) is 2.97. The Balaban J connectivity index is 2.18. The molecule has 0 saturated carbocycles. The number of hydrogen-bond donors (Lipinski definition) is 0. The normalized spacial score (nSPS) is 10.6. The van der Waals surface area contributed by atoms with Crippen molar-refractivity contribution < 1.29 is 23.9 Å². The summed E-state index contributed by atoms with van der Waals surface area (Å²) in [6, 6.07) is 9.58. The molecule has 174 valence electrons. The number of benzene rings is 2. The first-order valence-electron chi connectivity index (χ1n) is 9.52. The maximum absolute atomic E-state index is 13.7. The molecule has 0 atom stereocenters. The number of halogens is 2. The molecule has 1 aromatic heterocycles. The van der Waals surface area contributed by atoms with Crippen molar-refractivity contribution in [3.05, 3.63) is 62.6 Å². The minimum Gasteiger partial charge on any atom is -0.493 e. The van der Waals surface area contributed by atoms with Gasteiger partial charge in [0, 0.05) is 23.0 Å². The van der Waals surface area contributed by atoms with Crippen LogP contribution in [0.2, 0.25) is 10.0 Å². The third-order valence-corrected chi connectivity index (χ3v) is 6.23. The van der Waals surface area contributed by atoms with Gasteiger partial charge in [0.15, 0.2) is 16.6 Å². The van der Waals surface area contributed by atoms with Crippen LogP contribution in [0.3, 0.4) is 0 Å². The number of carbonyl (C=O) groups excluding carboxylic acids is 2. The molecule has 3 rings (SSSR count). The van der Waals surface area contributed by atoms with Gasteiger partial charge in [-0.3, -0.25) is 19.3 Å². The van der Waals surface area contributed by atoms with E-state index in [1.54, 1.807) is 31.2 Å². The zero-order valence-corrected chi connectivity index (χ0v) is 20.8. The predicted molar refractivity (Wildman–Crippen MR) is 128 cm³/mol. The van der Waals surface area contributed by atoms with Crippen molar-refractivity contribution in [3.63, 3.8) is 0 Å². The van der Waals surface area contributed by atoms with Crippen molar-refractivity contribution in [2.24, 2.45) is 0 Å². The van der Waals surface area contributed by atoms with E-state index in [0.29, 0.717) is 27.1 Å². The Morgan fingerprint density at radius 1 is 0.970 bits per heavy atom. The molecule has 8 nitrogen and oxygen atoms in total. The highest BCUT2D eigenvalue weighted by molar-refractivity contribution is 7.16. The van der Waals surface area contributed by atoms with E-state index >= 15 is 0 Å². The van der Waals surface area contributed by atoms with Crippen LogP contribution in [0, 0.1) is 6.92 Å². The summed E-state index contributed by atoms with van der Waals surface area (Å²) in [4.78, 5) is 37.8. The van der Waals surface area contributed by atoms with Gasteiger partial charge < -0.3 is 9.47 Å². The van der Waals surface area contributed by atoms with Gasteiger partial charge in [0.25, 0.3) is 11.8 Å². The molecule has 0 aliphatic carbocycles. The molecule has 0 aliphatic rings. The zero-order valence-electron chi connectivity index (χ0n) is 18.5. The van der Waals surface area contributed by atoms with Crippen LogP contribution < -0.4 is 14.4 Å². The van der Waals surface area contributed by atoms with Crippen molar-refractivity contribution in [1.29, 1.82) is 0 Å². The van der Waals surface area contributed by atoms with Crippen LogP contribution >= 0.6 is 34.5 Å². The fraction of sp³-hybridized carbons (Fsp3) is 0.227. The summed E-state index contributed by atoms with van der Waals surface area (Å²) in [6.07, 6.45) is 0. The van der Waals surface area contributed by atoms with E-state index in [9.17, 15) is 9.59 Å². The molecule has 2 aromatic carbocycles. The lowest BCUT2D eigenvalue weighted by atomic mass is 10.1. The van der Waals surface area contributed by atoms with Gasteiger partial charge in [0.1, 0.15) is 5.69 Å². The minimum absolute atomic E-state index is 0.167. The Hall–Kier alpha value is -2.85. The smallest absolute Gasteiger partial charge is 0.296 e. The number of carbonyl (C=O) groups is 2. The number of thiazole rings is 1. The second-order valence-corrected chi connectivity index (χ2v) is 8.72. The molecular formula is C22H21Cl2N3O5S. The number of hydroxylamine groups is 2. The van der Waals surface area contributed by atoms with Gasteiger partial charge in [0.05, 0.1) is 37.6 Å². The van der Waals surface area contributed by atoms with Gasteiger partial charge in [-0.2, -0.15) is 0 Å². The lowest BCUT2D eigenvalue weighted by molar-refractivity contribution is -0.0760. The Morgan fingerprint density at radius 3 is 2.27 bits per heavy atom. The van der Waals surface area contributed by atoms with E-state index in [1.165, 1.54) is 56.7 Å². The Labute approximate surface area is 205 Å². The number of ether oxygens (including phenoxy) is 2. The van der Waals surface area contributed by atoms with E-state index in [4.69, 9.17) is 37.5 Å². The lowest BCUT2D eigenvalue weighted by Gasteiger charge is -2.22. The first-order chi connectivity index (χ1) is 15.7. The minimum atomic E-state index is -0.461. The third-order valence-electron chi connectivity index (χ3n) is 4.73. The quantitative estimate of drug-likeness (QED) is 0.397. The molecule has 33 heavy (non-hydrogen) atoms. The average molecular weight is 510 g/mol. The molecule has 0 fully saturated rings. The van der Waals surface area contributed by atoms with E-state index in [2.05, 4.69) is 4.98 Å². The van der Waals surface area contributed by atoms with Gasteiger partial charge in [-0.25, -0.2) is 10.0 Å². The first-order valence-corrected chi connectivity index (χ1v) is 11.1. The van der Waals surface area contributed by atoms with Crippen LogP contribution in [0.5, 0.6) is 11.5 Å². The summed E-state index contributed by atoms with van der Waals surface area (Å²) in [5.74, 6) is 0.00300. The molecule has 3 aromatic rings. The summed E-state index contributed by atoms with van der Waals surface area (Å²) in [7, 11) is 5.87. The van der Waals surface area contributed by atoms with E-state index in [1.807, 2.05) is 0 Å². The van der Waals surface area contributed by atoms with Crippen LogP contribution in [0.1, 0.15) is 25.7 Å². The number of methoxy groups -OCH3 is 2. The monoisotopic (exact) mass is 509 g/mol. The molecule has 11 heteroatoms. The number of amides is 2. The van der Waals surface area contributed by atoms with Crippen molar-refractivity contribution >= 4 is 57.2 Å². The molecule has 2 amide bonds. The van der Waals surface area contributed by atoms with E-state index in [0.717, 1.165) is 5.06 Å².